The van der Waals surface area contributed by atoms with E-state index >= 15 is 0 Å². The highest BCUT2D eigenvalue weighted by Crippen LogP contribution is 2.34. The van der Waals surface area contributed by atoms with E-state index in [0.717, 1.165) is 26.8 Å². The van der Waals surface area contributed by atoms with E-state index in [4.69, 9.17) is 9.47 Å². The largest absolute Gasteiger partial charge is 0.486 e. The average molecular weight is 496 g/mol. The first-order valence-electron chi connectivity index (χ1n) is 11.1. The van der Waals surface area contributed by atoms with Crippen molar-refractivity contribution in [2.75, 3.05) is 32.1 Å². The lowest BCUT2D eigenvalue weighted by atomic mass is 10.1. The molecule has 7 nitrogen and oxygen atoms in total. The van der Waals surface area contributed by atoms with Crippen LogP contribution in [0.1, 0.15) is 31.4 Å². The van der Waals surface area contributed by atoms with Gasteiger partial charge in [0.25, 0.3) is 11.8 Å². The number of rotatable bonds is 5. The van der Waals surface area contributed by atoms with Gasteiger partial charge in [-0.3, -0.25) is 9.59 Å². The molecule has 176 valence electrons. The highest BCUT2D eigenvalue weighted by atomic mass is 32.2. The summed E-state index contributed by atoms with van der Waals surface area (Å²) < 4.78 is 11.1. The Hall–Kier alpha value is -3.04. The van der Waals surface area contributed by atoms with Gasteiger partial charge in [-0.05, 0) is 37.6 Å². The summed E-state index contributed by atoms with van der Waals surface area (Å²) in [5, 5.41) is 3.68. The molecule has 1 N–H and O–H groups in total. The van der Waals surface area contributed by atoms with Crippen molar-refractivity contribution >= 4 is 34.9 Å². The lowest BCUT2D eigenvalue weighted by Crippen LogP contribution is -2.42. The van der Waals surface area contributed by atoms with Crippen molar-refractivity contribution in [2.24, 2.45) is 0 Å². The van der Waals surface area contributed by atoms with Crippen LogP contribution in [0.4, 0.5) is 0 Å². The van der Waals surface area contributed by atoms with E-state index in [0.29, 0.717) is 49.1 Å². The Bertz CT molecular complexity index is 1240. The number of nitrogens with zero attached hydrogens (tertiary/aromatic N) is 2. The average Bonchev–Trinajstić information content (AvgIpc) is 3.48. The van der Waals surface area contributed by atoms with Gasteiger partial charge < -0.3 is 19.7 Å². The van der Waals surface area contributed by atoms with Gasteiger partial charge in [0.1, 0.15) is 18.9 Å². The first-order chi connectivity index (χ1) is 16.5. The van der Waals surface area contributed by atoms with Crippen molar-refractivity contribution in [3.05, 3.63) is 64.3 Å². The van der Waals surface area contributed by atoms with Crippen molar-refractivity contribution in [2.45, 2.75) is 19.2 Å². The van der Waals surface area contributed by atoms with E-state index < -0.39 is 0 Å². The molecule has 1 aromatic heterocycles. The third-order valence-electron chi connectivity index (χ3n) is 5.71. The van der Waals surface area contributed by atoms with Gasteiger partial charge in [0, 0.05) is 24.4 Å². The van der Waals surface area contributed by atoms with Gasteiger partial charge in [-0.2, -0.15) is 0 Å². The Morgan fingerprint density at radius 2 is 1.94 bits per heavy atom. The Morgan fingerprint density at radius 1 is 1.12 bits per heavy atom. The van der Waals surface area contributed by atoms with E-state index in [-0.39, 0.29) is 17.2 Å². The smallest absolute Gasteiger partial charge is 0.274 e. The number of aromatic nitrogens is 1. The molecule has 34 heavy (non-hydrogen) atoms. The van der Waals surface area contributed by atoms with Crippen LogP contribution in [0.3, 0.4) is 0 Å². The third kappa shape index (κ3) is 4.63. The predicted octanol–water partition coefficient (Wildman–Crippen LogP) is 4.14. The molecular formula is C25H25N3O4S2. The van der Waals surface area contributed by atoms with Crippen molar-refractivity contribution in [3.8, 4) is 21.9 Å². The maximum absolute atomic E-state index is 13.5. The topological polar surface area (TPSA) is 80.8 Å². The second kappa shape index (κ2) is 9.68. The zero-order valence-corrected chi connectivity index (χ0v) is 20.6. The van der Waals surface area contributed by atoms with Gasteiger partial charge in [-0.25, -0.2) is 4.98 Å². The number of carbonyl (C=O) groups excluding carboxylic acids is 2. The number of aryl methyl sites for hydroxylation is 2. The Labute approximate surface area is 206 Å². The number of ether oxygens (including phenoxy) is 2. The molecule has 0 spiro atoms. The van der Waals surface area contributed by atoms with Crippen LogP contribution < -0.4 is 14.8 Å². The van der Waals surface area contributed by atoms with Gasteiger partial charge in [-0.15, -0.1) is 23.1 Å². The first-order valence-corrected chi connectivity index (χ1v) is 13.0. The summed E-state index contributed by atoms with van der Waals surface area (Å²) in [6.07, 6.45) is 0. The highest BCUT2D eigenvalue weighted by Gasteiger charge is 2.33. The molecule has 1 atom stereocenters. The quantitative estimate of drug-likeness (QED) is 0.573. The maximum Gasteiger partial charge on any atom is 0.274 e. The summed E-state index contributed by atoms with van der Waals surface area (Å²) in [5.41, 5.74) is 3.13. The maximum atomic E-state index is 13.5. The fraction of sp³-hybridized carbons (Fsp3) is 0.320. The molecule has 1 saturated heterocycles. The van der Waals surface area contributed by atoms with Crippen LogP contribution in [0, 0.1) is 13.8 Å². The van der Waals surface area contributed by atoms with Crippen LogP contribution in [0.25, 0.3) is 10.4 Å². The van der Waals surface area contributed by atoms with Gasteiger partial charge >= 0.3 is 0 Å². The molecular weight excluding hydrogens is 470 g/mol. The highest BCUT2D eigenvalue weighted by molar-refractivity contribution is 8.00. The molecule has 2 aliphatic rings. The minimum Gasteiger partial charge on any atom is -0.486 e. The zero-order valence-electron chi connectivity index (χ0n) is 19.0. The Morgan fingerprint density at radius 3 is 2.76 bits per heavy atom. The molecule has 1 fully saturated rings. The van der Waals surface area contributed by atoms with Crippen LogP contribution in [-0.4, -0.2) is 59.1 Å². The summed E-state index contributed by atoms with van der Waals surface area (Å²) in [6.45, 7) is 5.91. The number of carbonyl (C=O) groups is 2. The third-order valence-corrected chi connectivity index (χ3v) is 7.95. The molecule has 0 bridgehead atoms. The van der Waals surface area contributed by atoms with Crippen LogP contribution >= 0.6 is 23.1 Å². The molecule has 9 heteroatoms. The summed E-state index contributed by atoms with van der Waals surface area (Å²) >= 11 is 3.20. The van der Waals surface area contributed by atoms with Crippen molar-refractivity contribution in [3.63, 3.8) is 0 Å². The normalized spacial score (nSPS) is 17.0. The Kier molecular flexibility index (Phi) is 6.47. The number of hydrogen-bond donors (Lipinski definition) is 1. The Balaban J connectivity index is 1.29. The molecule has 0 aliphatic carbocycles. The summed E-state index contributed by atoms with van der Waals surface area (Å²) in [6, 6.07) is 13.3. The van der Waals surface area contributed by atoms with Gasteiger partial charge in [0.15, 0.2) is 11.5 Å². The standard InChI is InChI=1S/C25H25N3O4S2/c1-15-4-3-5-17(12-15)23-22(27-16(2)34-23)25(30)28-8-11-33-21(28)14-26-24(29)18-6-7-19-20(13-18)32-10-9-31-19/h3-7,12-13,21H,8-11,14H2,1-2H3,(H,26,29). The number of fused-ring (bicyclic) bond motifs is 1. The second-order valence-corrected chi connectivity index (χ2v) is 10.7. The summed E-state index contributed by atoms with van der Waals surface area (Å²) in [5.74, 6) is 1.74. The number of thioether (sulfide) groups is 1. The van der Waals surface area contributed by atoms with Crippen molar-refractivity contribution in [1.29, 1.82) is 0 Å². The minimum absolute atomic E-state index is 0.0931. The van der Waals surface area contributed by atoms with Gasteiger partial charge in [0.05, 0.1) is 15.3 Å². The van der Waals surface area contributed by atoms with Gasteiger partial charge in [-0.1, -0.05) is 29.8 Å². The molecule has 2 amide bonds. The van der Waals surface area contributed by atoms with Crippen molar-refractivity contribution in [1.82, 2.24) is 15.2 Å². The number of hydrogen-bond acceptors (Lipinski definition) is 7. The van der Waals surface area contributed by atoms with E-state index in [1.54, 1.807) is 30.0 Å². The number of amides is 2. The van der Waals surface area contributed by atoms with E-state index in [1.807, 2.05) is 36.9 Å². The lowest BCUT2D eigenvalue weighted by Gasteiger charge is -2.24. The van der Waals surface area contributed by atoms with Crippen LogP contribution in [0.15, 0.2) is 42.5 Å². The van der Waals surface area contributed by atoms with E-state index in [9.17, 15) is 9.59 Å². The fourth-order valence-corrected chi connectivity index (χ4v) is 6.14. The molecule has 2 aromatic carbocycles. The number of thiazole rings is 1. The molecule has 0 saturated carbocycles. The molecule has 0 radical (unpaired) electrons. The molecule has 3 aromatic rings. The van der Waals surface area contributed by atoms with Gasteiger partial charge in [0.2, 0.25) is 0 Å². The second-order valence-electron chi connectivity index (χ2n) is 8.17. The molecule has 3 heterocycles. The molecule has 5 rings (SSSR count). The summed E-state index contributed by atoms with van der Waals surface area (Å²) in [7, 11) is 0. The summed E-state index contributed by atoms with van der Waals surface area (Å²) in [4.78, 5) is 33.6. The van der Waals surface area contributed by atoms with E-state index in [2.05, 4.69) is 16.4 Å². The predicted molar refractivity (Wildman–Crippen MR) is 134 cm³/mol. The molecule has 1 unspecified atom stereocenters. The number of nitrogens with one attached hydrogen (secondary N) is 1. The zero-order chi connectivity index (χ0) is 23.7. The fourth-order valence-electron chi connectivity index (χ4n) is 4.08. The molecule has 2 aliphatic heterocycles. The monoisotopic (exact) mass is 495 g/mol. The minimum atomic E-state index is -0.207. The SMILES string of the molecule is Cc1cccc(-c2sc(C)nc2C(=O)N2CCSC2CNC(=O)c2ccc3c(c2)OCCO3)c1. The lowest BCUT2D eigenvalue weighted by molar-refractivity contribution is 0.0747. The first kappa shape index (κ1) is 22.7. The van der Waals surface area contributed by atoms with Crippen LogP contribution in [0.2, 0.25) is 0 Å². The number of benzene rings is 2. The van der Waals surface area contributed by atoms with Crippen molar-refractivity contribution < 1.29 is 19.1 Å². The van der Waals surface area contributed by atoms with Crippen LogP contribution in [0.5, 0.6) is 11.5 Å². The van der Waals surface area contributed by atoms with Crippen LogP contribution in [-0.2, 0) is 0 Å². The van der Waals surface area contributed by atoms with E-state index in [1.165, 1.54) is 11.3 Å².